The summed E-state index contributed by atoms with van der Waals surface area (Å²) in [4.78, 5) is 25.7. The van der Waals surface area contributed by atoms with Crippen molar-refractivity contribution < 1.29 is 14.0 Å². The number of hydrogen-bond donors (Lipinski definition) is 2. The van der Waals surface area contributed by atoms with Crippen LogP contribution in [-0.4, -0.2) is 37.5 Å². The molecule has 0 aliphatic carbocycles. The van der Waals surface area contributed by atoms with E-state index in [1.165, 1.54) is 12.1 Å². The van der Waals surface area contributed by atoms with Crippen LogP contribution in [0.5, 0.6) is 0 Å². The molecule has 0 unspecified atom stereocenters. The molecule has 3 rings (SSSR count). The number of hydrogen-bond acceptors (Lipinski definition) is 3. The third-order valence-corrected chi connectivity index (χ3v) is 4.21. The SMILES string of the molecule is O=C(N[C@H]1CCCNC1)c1cc(N2CCCC2=O)ccc1F. The summed E-state index contributed by atoms with van der Waals surface area (Å²) in [6, 6.07) is 4.31. The molecule has 0 saturated carbocycles. The summed E-state index contributed by atoms with van der Waals surface area (Å²) in [5.41, 5.74) is 0.596. The summed E-state index contributed by atoms with van der Waals surface area (Å²) in [7, 11) is 0. The highest BCUT2D eigenvalue weighted by molar-refractivity contribution is 5.99. The number of halogens is 1. The van der Waals surface area contributed by atoms with Crippen LogP contribution in [0.2, 0.25) is 0 Å². The van der Waals surface area contributed by atoms with Gasteiger partial charge >= 0.3 is 0 Å². The topological polar surface area (TPSA) is 61.4 Å². The molecular formula is C16H20FN3O2. The molecule has 2 aliphatic rings. The minimum absolute atomic E-state index is 0.00257. The van der Waals surface area contributed by atoms with Gasteiger partial charge in [0.1, 0.15) is 5.82 Å². The van der Waals surface area contributed by atoms with E-state index in [1.807, 2.05) is 0 Å². The molecule has 1 aromatic carbocycles. The zero-order chi connectivity index (χ0) is 15.5. The van der Waals surface area contributed by atoms with Gasteiger partial charge in [-0.15, -0.1) is 0 Å². The van der Waals surface area contributed by atoms with Crippen molar-refractivity contribution in [2.24, 2.45) is 0 Å². The Labute approximate surface area is 128 Å². The molecule has 118 valence electrons. The lowest BCUT2D eigenvalue weighted by atomic mass is 10.1. The Morgan fingerprint density at radius 2 is 2.23 bits per heavy atom. The maximum atomic E-state index is 14.0. The Bertz CT molecular complexity index is 585. The summed E-state index contributed by atoms with van der Waals surface area (Å²) >= 11 is 0. The first-order valence-corrected chi connectivity index (χ1v) is 7.76. The molecule has 2 amide bonds. The number of nitrogens with zero attached hydrogens (tertiary/aromatic N) is 1. The molecule has 0 spiro atoms. The third kappa shape index (κ3) is 3.11. The quantitative estimate of drug-likeness (QED) is 0.888. The monoisotopic (exact) mass is 305 g/mol. The van der Waals surface area contributed by atoms with Gasteiger partial charge in [-0.1, -0.05) is 0 Å². The maximum Gasteiger partial charge on any atom is 0.254 e. The van der Waals surface area contributed by atoms with E-state index in [0.29, 0.717) is 25.2 Å². The predicted molar refractivity (Wildman–Crippen MR) is 81.3 cm³/mol. The molecule has 2 saturated heterocycles. The summed E-state index contributed by atoms with van der Waals surface area (Å²) in [5, 5.41) is 6.07. The lowest BCUT2D eigenvalue weighted by Gasteiger charge is -2.24. The normalized spacial score (nSPS) is 22.0. The molecule has 6 heteroatoms. The minimum atomic E-state index is -0.559. The van der Waals surface area contributed by atoms with Crippen molar-refractivity contribution in [3.63, 3.8) is 0 Å². The molecule has 2 N–H and O–H groups in total. The van der Waals surface area contributed by atoms with Gasteiger partial charge in [-0.3, -0.25) is 9.59 Å². The van der Waals surface area contributed by atoms with E-state index in [4.69, 9.17) is 0 Å². The van der Waals surface area contributed by atoms with E-state index in [1.54, 1.807) is 11.0 Å². The number of benzene rings is 1. The fourth-order valence-electron chi connectivity index (χ4n) is 3.01. The Kier molecular flexibility index (Phi) is 4.38. The van der Waals surface area contributed by atoms with Crippen LogP contribution in [0.3, 0.4) is 0 Å². The van der Waals surface area contributed by atoms with Gasteiger partial charge < -0.3 is 15.5 Å². The van der Waals surface area contributed by atoms with Crippen molar-refractivity contribution in [2.45, 2.75) is 31.7 Å². The van der Waals surface area contributed by atoms with E-state index in [-0.39, 0.29) is 17.5 Å². The average molecular weight is 305 g/mol. The summed E-state index contributed by atoms with van der Waals surface area (Å²) in [5.74, 6) is -0.953. The second kappa shape index (κ2) is 6.44. The number of amides is 2. The van der Waals surface area contributed by atoms with Gasteiger partial charge in [0, 0.05) is 31.2 Å². The number of carbonyl (C=O) groups is 2. The van der Waals surface area contributed by atoms with Crippen LogP contribution in [0.15, 0.2) is 18.2 Å². The molecule has 5 nitrogen and oxygen atoms in total. The first kappa shape index (κ1) is 15.0. The van der Waals surface area contributed by atoms with E-state index in [9.17, 15) is 14.0 Å². The minimum Gasteiger partial charge on any atom is -0.348 e. The van der Waals surface area contributed by atoms with Crippen LogP contribution in [0.4, 0.5) is 10.1 Å². The highest BCUT2D eigenvalue weighted by Crippen LogP contribution is 2.24. The first-order valence-electron chi connectivity index (χ1n) is 7.76. The highest BCUT2D eigenvalue weighted by atomic mass is 19.1. The lowest BCUT2D eigenvalue weighted by Crippen LogP contribution is -2.45. The standard InChI is InChI=1S/C16H20FN3O2/c17-14-6-5-12(20-8-2-4-15(20)21)9-13(14)16(22)19-11-3-1-7-18-10-11/h5-6,9,11,18H,1-4,7-8,10H2,(H,19,22)/t11-/m0/s1. The van der Waals surface area contributed by atoms with Crippen LogP contribution in [0.1, 0.15) is 36.0 Å². The second-order valence-electron chi connectivity index (χ2n) is 5.83. The molecule has 0 bridgehead atoms. The van der Waals surface area contributed by atoms with E-state index >= 15 is 0 Å². The molecule has 22 heavy (non-hydrogen) atoms. The molecule has 2 aliphatic heterocycles. The Morgan fingerprint density at radius 3 is 2.91 bits per heavy atom. The van der Waals surface area contributed by atoms with Gasteiger partial charge in [-0.25, -0.2) is 4.39 Å². The molecular weight excluding hydrogens is 285 g/mol. The maximum absolute atomic E-state index is 14.0. The van der Waals surface area contributed by atoms with Crippen molar-refractivity contribution in [3.05, 3.63) is 29.6 Å². The number of nitrogens with one attached hydrogen (secondary N) is 2. The number of carbonyl (C=O) groups excluding carboxylic acids is 2. The summed E-state index contributed by atoms with van der Waals surface area (Å²) in [6.07, 6.45) is 3.19. The fraction of sp³-hybridized carbons (Fsp3) is 0.500. The van der Waals surface area contributed by atoms with Gasteiger partial charge in [0.05, 0.1) is 5.56 Å². The predicted octanol–water partition coefficient (Wildman–Crippen LogP) is 1.43. The first-order chi connectivity index (χ1) is 10.6. The van der Waals surface area contributed by atoms with E-state index in [0.717, 1.165) is 25.8 Å². The van der Waals surface area contributed by atoms with Crippen molar-refractivity contribution in [1.29, 1.82) is 0 Å². The Hall–Kier alpha value is -1.95. The van der Waals surface area contributed by atoms with Crippen LogP contribution >= 0.6 is 0 Å². The van der Waals surface area contributed by atoms with E-state index < -0.39 is 11.7 Å². The molecule has 2 fully saturated rings. The molecule has 1 aromatic rings. The van der Waals surface area contributed by atoms with Crippen LogP contribution < -0.4 is 15.5 Å². The zero-order valence-electron chi connectivity index (χ0n) is 12.4. The van der Waals surface area contributed by atoms with Gasteiger partial charge in [0.25, 0.3) is 5.91 Å². The van der Waals surface area contributed by atoms with Crippen molar-refractivity contribution in [3.8, 4) is 0 Å². The molecule has 1 atom stereocenters. The van der Waals surface area contributed by atoms with Crippen LogP contribution in [-0.2, 0) is 4.79 Å². The van der Waals surface area contributed by atoms with Crippen molar-refractivity contribution in [2.75, 3.05) is 24.5 Å². The molecule has 0 radical (unpaired) electrons. The number of rotatable bonds is 3. The molecule has 2 heterocycles. The zero-order valence-corrected chi connectivity index (χ0v) is 12.4. The number of anilines is 1. The fourth-order valence-corrected chi connectivity index (χ4v) is 3.01. The Morgan fingerprint density at radius 1 is 1.36 bits per heavy atom. The third-order valence-electron chi connectivity index (χ3n) is 4.21. The van der Waals surface area contributed by atoms with Crippen LogP contribution in [0.25, 0.3) is 0 Å². The van der Waals surface area contributed by atoms with E-state index in [2.05, 4.69) is 10.6 Å². The average Bonchev–Trinajstić information content (AvgIpc) is 2.95. The largest absolute Gasteiger partial charge is 0.348 e. The highest BCUT2D eigenvalue weighted by Gasteiger charge is 2.24. The van der Waals surface area contributed by atoms with Gasteiger partial charge in [0.2, 0.25) is 5.91 Å². The van der Waals surface area contributed by atoms with Gasteiger partial charge in [-0.2, -0.15) is 0 Å². The molecule has 0 aromatic heterocycles. The van der Waals surface area contributed by atoms with Gasteiger partial charge in [0.15, 0.2) is 0 Å². The van der Waals surface area contributed by atoms with Gasteiger partial charge in [-0.05, 0) is 44.0 Å². The van der Waals surface area contributed by atoms with Crippen LogP contribution in [0, 0.1) is 5.82 Å². The summed E-state index contributed by atoms with van der Waals surface area (Å²) < 4.78 is 14.0. The summed E-state index contributed by atoms with van der Waals surface area (Å²) in [6.45, 7) is 2.28. The van der Waals surface area contributed by atoms with Crippen molar-refractivity contribution in [1.82, 2.24) is 10.6 Å². The second-order valence-corrected chi connectivity index (χ2v) is 5.83. The van der Waals surface area contributed by atoms with Crippen molar-refractivity contribution >= 4 is 17.5 Å². The number of piperidine rings is 1. The Balaban J connectivity index is 1.76. The smallest absolute Gasteiger partial charge is 0.254 e. The lowest BCUT2D eigenvalue weighted by molar-refractivity contribution is -0.117.